The Bertz CT molecular complexity index is 482. The van der Waals surface area contributed by atoms with Crippen molar-refractivity contribution in [3.63, 3.8) is 0 Å². The molecular weight excluding hydrogens is 261 g/mol. The maximum atomic E-state index is 11.9. The largest absolute Gasteiger partial charge is 0.480 e. The zero-order valence-electron chi connectivity index (χ0n) is 9.26. The summed E-state index contributed by atoms with van der Waals surface area (Å²) in [4.78, 5) is 40.7. The van der Waals surface area contributed by atoms with Gasteiger partial charge in [-0.3, -0.25) is 14.2 Å². The number of hydrogen-bond acceptors (Lipinski definition) is 3. The van der Waals surface area contributed by atoms with Crippen molar-refractivity contribution in [3.05, 3.63) is 35.9 Å². The van der Waals surface area contributed by atoms with Crippen LogP contribution in [0.5, 0.6) is 0 Å². The van der Waals surface area contributed by atoms with Crippen LogP contribution in [0.2, 0.25) is 0 Å². The van der Waals surface area contributed by atoms with E-state index in [1.807, 2.05) is 0 Å². The molecule has 0 atom stereocenters. The van der Waals surface area contributed by atoms with Gasteiger partial charge >= 0.3 is 13.6 Å². The standard InChI is InChI=1S/C10H12NO6P/c12-9(13)6-11(7-18(15,16)17)10(14)8-4-2-1-3-5-8/h1-5H,6-7H2,(H,12,13)(H2,15,16,17). The molecule has 18 heavy (non-hydrogen) atoms. The van der Waals surface area contributed by atoms with Crippen molar-refractivity contribution >= 4 is 19.5 Å². The molecule has 1 amide bonds. The number of carbonyl (C=O) groups excluding carboxylic acids is 1. The number of rotatable bonds is 5. The highest BCUT2D eigenvalue weighted by molar-refractivity contribution is 7.51. The molecule has 0 aliphatic carbocycles. The molecule has 0 saturated heterocycles. The van der Waals surface area contributed by atoms with E-state index < -0.39 is 32.3 Å². The molecule has 0 spiro atoms. The molecule has 3 N–H and O–H groups in total. The van der Waals surface area contributed by atoms with Gasteiger partial charge in [0.15, 0.2) is 0 Å². The number of benzene rings is 1. The van der Waals surface area contributed by atoms with E-state index in [2.05, 4.69) is 0 Å². The first kappa shape index (κ1) is 14.4. The molecule has 8 heteroatoms. The van der Waals surface area contributed by atoms with E-state index in [-0.39, 0.29) is 5.56 Å². The molecule has 7 nitrogen and oxygen atoms in total. The molecule has 0 heterocycles. The van der Waals surface area contributed by atoms with Gasteiger partial charge in [-0.1, -0.05) is 18.2 Å². The maximum Gasteiger partial charge on any atom is 0.344 e. The fraction of sp³-hybridized carbons (Fsp3) is 0.200. The highest BCUT2D eigenvalue weighted by Gasteiger charge is 2.26. The van der Waals surface area contributed by atoms with Crippen molar-refractivity contribution in [2.45, 2.75) is 0 Å². The molecule has 0 unspecified atom stereocenters. The molecule has 0 aromatic heterocycles. The van der Waals surface area contributed by atoms with E-state index in [9.17, 15) is 14.2 Å². The second-order valence-corrected chi connectivity index (χ2v) is 5.18. The van der Waals surface area contributed by atoms with Crippen LogP contribution in [0.3, 0.4) is 0 Å². The number of nitrogens with zero attached hydrogens (tertiary/aromatic N) is 1. The van der Waals surface area contributed by atoms with Gasteiger partial charge in [0.2, 0.25) is 0 Å². The topological polar surface area (TPSA) is 115 Å². The number of carbonyl (C=O) groups is 2. The summed E-state index contributed by atoms with van der Waals surface area (Å²) in [5, 5.41) is 8.63. The summed E-state index contributed by atoms with van der Waals surface area (Å²) < 4.78 is 10.9. The van der Waals surface area contributed by atoms with Crippen molar-refractivity contribution in [2.24, 2.45) is 0 Å². The maximum absolute atomic E-state index is 11.9. The van der Waals surface area contributed by atoms with Gasteiger partial charge in [0.25, 0.3) is 5.91 Å². The van der Waals surface area contributed by atoms with Gasteiger partial charge in [-0.05, 0) is 12.1 Å². The zero-order valence-corrected chi connectivity index (χ0v) is 10.2. The first-order valence-electron chi connectivity index (χ1n) is 4.90. The lowest BCUT2D eigenvalue weighted by Gasteiger charge is -2.21. The van der Waals surface area contributed by atoms with Crippen LogP contribution in [0, 0.1) is 0 Å². The average molecular weight is 273 g/mol. The number of hydrogen-bond donors (Lipinski definition) is 3. The number of amides is 1. The molecule has 0 bridgehead atoms. The Morgan fingerprint density at radius 1 is 1.17 bits per heavy atom. The predicted molar refractivity (Wildman–Crippen MR) is 62.0 cm³/mol. The third-order valence-corrected chi connectivity index (χ3v) is 2.70. The minimum Gasteiger partial charge on any atom is -0.480 e. The zero-order chi connectivity index (χ0) is 13.8. The fourth-order valence-corrected chi connectivity index (χ4v) is 2.01. The van der Waals surface area contributed by atoms with Crippen LogP contribution in [0.15, 0.2) is 30.3 Å². The van der Waals surface area contributed by atoms with Gasteiger partial charge in [0.1, 0.15) is 12.8 Å². The third kappa shape index (κ3) is 4.67. The Morgan fingerprint density at radius 2 is 1.72 bits per heavy atom. The first-order valence-corrected chi connectivity index (χ1v) is 6.70. The first-order chi connectivity index (χ1) is 8.29. The monoisotopic (exact) mass is 273 g/mol. The summed E-state index contributed by atoms with van der Waals surface area (Å²) in [5.74, 6) is -2.07. The van der Waals surface area contributed by atoms with Crippen LogP contribution in [-0.4, -0.2) is 44.5 Å². The van der Waals surface area contributed by atoms with Crippen molar-refractivity contribution in [1.29, 1.82) is 0 Å². The van der Waals surface area contributed by atoms with E-state index in [0.717, 1.165) is 0 Å². The summed E-state index contributed by atoms with van der Waals surface area (Å²) in [6.45, 7) is -0.765. The molecular formula is C10H12NO6P. The predicted octanol–water partition coefficient (Wildman–Crippen LogP) is 0.349. The van der Waals surface area contributed by atoms with E-state index in [4.69, 9.17) is 14.9 Å². The van der Waals surface area contributed by atoms with Gasteiger partial charge in [0.05, 0.1) is 0 Å². The molecule has 0 aliphatic rings. The minimum absolute atomic E-state index is 0.173. The number of carboxylic acid groups (broad SMARTS) is 1. The molecule has 0 fully saturated rings. The van der Waals surface area contributed by atoms with Crippen LogP contribution in [0.1, 0.15) is 10.4 Å². The van der Waals surface area contributed by atoms with E-state index in [0.29, 0.717) is 4.90 Å². The third-order valence-electron chi connectivity index (χ3n) is 1.99. The Labute approximate surface area is 103 Å². The van der Waals surface area contributed by atoms with Crippen LogP contribution in [0.25, 0.3) is 0 Å². The van der Waals surface area contributed by atoms with E-state index >= 15 is 0 Å². The van der Waals surface area contributed by atoms with Crippen molar-refractivity contribution in [2.75, 3.05) is 12.8 Å². The van der Waals surface area contributed by atoms with Gasteiger partial charge in [-0.25, -0.2) is 0 Å². The highest BCUT2D eigenvalue weighted by atomic mass is 31.2. The Balaban J connectivity index is 2.93. The quantitative estimate of drug-likeness (QED) is 0.667. The lowest BCUT2D eigenvalue weighted by Crippen LogP contribution is -2.36. The van der Waals surface area contributed by atoms with Crippen LogP contribution in [0.4, 0.5) is 0 Å². The van der Waals surface area contributed by atoms with Crippen LogP contribution < -0.4 is 0 Å². The molecule has 0 aliphatic heterocycles. The summed E-state index contributed by atoms with van der Waals surface area (Å²) in [7, 11) is -4.51. The van der Waals surface area contributed by atoms with Crippen LogP contribution >= 0.6 is 7.60 Å². The Morgan fingerprint density at radius 3 is 2.17 bits per heavy atom. The van der Waals surface area contributed by atoms with Gasteiger partial charge < -0.3 is 19.8 Å². The Hall–Kier alpha value is -1.69. The van der Waals surface area contributed by atoms with Gasteiger partial charge in [0, 0.05) is 5.56 Å². The van der Waals surface area contributed by atoms with Crippen molar-refractivity contribution in [1.82, 2.24) is 4.90 Å². The average Bonchev–Trinajstić information content (AvgIpc) is 2.26. The number of carboxylic acids is 1. The van der Waals surface area contributed by atoms with E-state index in [1.54, 1.807) is 18.2 Å². The lowest BCUT2D eigenvalue weighted by atomic mass is 10.2. The fourth-order valence-electron chi connectivity index (χ4n) is 1.33. The van der Waals surface area contributed by atoms with Gasteiger partial charge in [-0.2, -0.15) is 0 Å². The van der Waals surface area contributed by atoms with Crippen LogP contribution in [-0.2, 0) is 9.36 Å². The Kier molecular flexibility index (Phi) is 4.61. The molecule has 98 valence electrons. The van der Waals surface area contributed by atoms with E-state index in [1.165, 1.54) is 12.1 Å². The summed E-state index contributed by atoms with van der Waals surface area (Å²) in [6.07, 6.45) is -0.924. The molecule has 0 saturated carbocycles. The second kappa shape index (κ2) is 5.77. The molecule has 1 aromatic carbocycles. The summed E-state index contributed by atoms with van der Waals surface area (Å²) in [5.41, 5.74) is 0.173. The number of aliphatic carboxylic acids is 1. The smallest absolute Gasteiger partial charge is 0.344 e. The minimum atomic E-state index is -4.51. The van der Waals surface area contributed by atoms with Crippen molar-refractivity contribution in [3.8, 4) is 0 Å². The van der Waals surface area contributed by atoms with Gasteiger partial charge in [-0.15, -0.1) is 0 Å². The van der Waals surface area contributed by atoms with Crippen molar-refractivity contribution < 1.29 is 29.0 Å². The second-order valence-electron chi connectivity index (χ2n) is 3.57. The summed E-state index contributed by atoms with van der Waals surface area (Å²) in [6, 6.07) is 7.70. The molecule has 0 radical (unpaired) electrons. The molecule has 1 rings (SSSR count). The lowest BCUT2D eigenvalue weighted by molar-refractivity contribution is -0.137. The SMILES string of the molecule is O=C(O)CN(CP(=O)(O)O)C(=O)c1ccccc1. The highest BCUT2D eigenvalue weighted by Crippen LogP contribution is 2.35. The molecule has 1 aromatic rings. The summed E-state index contributed by atoms with van der Waals surface area (Å²) >= 11 is 0. The normalized spacial score (nSPS) is 11.0.